The van der Waals surface area contributed by atoms with E-state index in [1.807, 2.05) is 0 Å². The van der Waals surface area contributed by atoms with Crippen LogP contribution in [0.1, 0.15) is 49.1 Å². The topological polar surface area (TPSA) is 42.1 Å². The van der Waals surface area contributed by atoms with Crippen LogP contribution in [0.2, 0.25) is 0 Å². The Morgan fingerprint density at radius 2 is 1.86 bits per heavy atom. The zero-order valence-electron chi connectivity index (χ0n) is 13.3. The Morgan fingerprint density at radius 3 is 2.52 bits per heavy atom. The number of hydrogen-bond acceptors (Lipinski definition) is 3. The summed E-state index contributed by atoms with van der Waals surface area (Å²) in [5, 5.41) is 1.31. The molecule has 0 aliphatic heterocycles. The van der Waals surface area contributed by atoms with Crippen molar-refractivity contribution in [1.29, 1.82) is 0 Å². The largest absolute Gasteiger partial charge is 0.383 e. The molecule has 0 saturated heterocycles. The van der Waals surface area contributed by atoms with E-state index in [4.69, 9.17) is 5.73 Å². The second-order valence-corrected chi connectivity index (χ2v) is 6.44. The molecule has 1 fully saturated rings. The van der Waals surface area contributed by atoms with Gasteiger partial charge in [-0.1, -0.05) is 31.4 Å². The van der Waals surface area contributed by atoms with Crippen molar-refractivity contribution in [2.24, 2.45) is 0 Å². The molecule has 1 aromatic heterocycles. The summed E-state index contributed by atoms with van der Waals surface area (Å²) in [7, 11) is 4.19. The smallest absolute Gasteiger partial charge is 0.129 e. The van der Waals surface area contributed by atoms with Crippen molar-refractivity contribution >= 4 is 22.4 Å². The minimum absolute atomic E-state index is 0.645. The number of fused-ring (bicyclic) bond motifs is 1. The van der Waals surface area contributed by atoms with Gasteiger partial charge in [-0.25, -0.2) is 4.98 Å². The summed E-state index contributed by atoms with van der Waals surface area (Å²) in [5.74, 6) is 1.32. The number of pyridine rings is 1. The molecule has 3 rings (SSSR count). The molecule has 1 heterocycles. The molecule has 1 saturated carbocycles. The van der Waals surface area contributed by atoms with Gasteiger partial charge in [0.1, 0.15) is 5.82 Å². The standard InChI is InChI=1S/C18H25N3/c1-12-17(21(2)3)16-14(13-8-5-4-6-9-13)10-7-11-15(16)20-18(12)19/h7,10-11,13H,4-6,8-9H2,1-3H3,(H2,19,20). The maximum atomic E-state index is 6.12. The number of anilines is 2. The Labute approximate surface area is 127 Å². The van der Waals surface area contributed by atoms with E-state index in [-0.39, 0.29) is 0 Å². The van der Waals surface area contributed by atoms with Crippen LogP contribution in [0.4, 0.5) is 11.5 Å². The van der Waals surface area contributed by atoms with E-state index in [1.54, 1.807) is 0 Å². The van der Waals surface area contributed by atoms with Gasteiger partial charge in [0.2, 0.25) is 0 Å². The number of nitrogens with two attached hydrogens (primary N) is 1. The molecule has 3 nitrogen and oxygen atoms in total. The van der Waals surface area contributed by atoms with Gasteiger partial charge in [0.25, 0.3) is 0 Å². The lowest BCUT2D eigenvalue weighted by molar-refractivity contribution is 0.445. The van der Waals surface area contributed by atoms with Crippen LogP contribution in [-0.2, 0) is 0 Å². The summed E-state index contributed by atoms with van der Waals surface area (Å²) >= 11 is 0. The van der Waals surface area contributed by atoms with E-state index in [0.29, 0.717) is 11.7 Å². The molecule has 0 spiro atoms. The van der Waals surface area contributed by atoms with E-state index in [2.05, 4.69) is 49.1 Å². The minimum atomic E-state index is 0.645. The SMILES string of the molecule is Cc1c(N)nc2cccc(C3CCCCC3)c2c1N(C)C. The molecule has 21 heavy (non-hydrogen) atoms. The highest BCUT2D eigenvalue weighted by Crippen LogP contribution is 2.41. The van der Waals surface area contributed by atoms with Crippen molar-refractivity contribution in [3.05, 3.63) is 29.3 Å². The highest BCUT2D eigenvalue weighted by molar-refractivity contribution is 5.98. The van der Waals surface area contributed by atoms with Gasteiger partial charge in [0.05, 0.1) is 11.2 Å². The third-order valence-corrected chi connectivity index (χ3v) is 4.78. The second-order valence-electron chi connectivity index (χ2n) is 6.44. The van der Waals surface area contributed by atoms with Gasteiger partial charge in [-0.05, 0) is 37.3 Å². The van der Waals surface area contributed by atoms with E-state index in [1.165, 1.54) is 48.7 Å². The first kappa shape index (κ1) is 14.2. The molecule has 1 aliphatic rings. The number of rotatable bonds is 2. The lowest BCUT2D eigenvalue weighted by Crippen LogP contribution is -2.15. The number of benzene rings is 1. The summed E-state index contributed by atoms with van der Waals surface area (Å²) in [4.78, 5) is 6.81. The predicted molar refractivity (Wildman–Crippen MR) is 91.0 cm³/mol. The Balaban J connectivity index is 2.27. The molecular formula is C18H25N3. The fourth-order valence-electron chi connectivity index (χ4n) is 3.74. The van der Waals surface area contributed by atoms with Crippen LogP contribution in [-0.4, -0.2) is 19.1 Å². The average Bonchev–Trinajstić information content (AvgIpc) is 2.48. The van der Waals surface area contributed by atoms with Crippen LogP contribution in [0, 0.1) is 6.92 Å². The lowest BCUT2D eigenvalue weighted by Gasteiger charge is -2.27. The van der Waals surface area contributed by atoms with Crippen molar-refractivity contribution in [3.8, 4) is 0 Å². The Morgan fingerprint density at radius 1 is 1.14 bits per heavy atom. The fourth-order valence-corrected chi connectivity index (χ4v) is 3.74. The van der Waals surface area contributed by atoms with Crippen molar-refractivity contribution in [1.82, 2.24) is 4.98 Å². The predicted octanol–water partition coefficient (Wildman–Crippen LogP) is 4.24. The van der Waals surface area contributed by atoms with Crippen LogP contribution in [0.3, 0.4) is 0 Å². The van der Waals surface area contributed by atoms with Gasteiger partial charge in [-0.3, -0.25) is 0 Å². The van der Waals surface area contributed by atoms with Crippen molar-refractivity contribution < 1.29 is 0 Å². The fraction of sp³-hybridized carbons (Fsp3) is 0.500. The molecule has 3 heteroatoms. The zero-order valence-corrected chi connectivity index (χ0v) is 13.3. The van der Waals surface area contributed by atoms with Gasteiger partial charge in [-0.15, -0.1) is 0 Å². The maximum Gasteiger partial charge on any atom is 0.129 e. The molecule has 0 radical (unpaired) electrons. The summed E-state index contributed by atoms with van der Waals surface area (Å²) in [6.07, 6.45) is 6.68. The lowest BCUT2D eigenvalue weighted by atomic mass is 9.82. The van der Waals surface area contributed by atoms with E-state index >= 15 is 0 Å². The van der Waals surface area contributed by atoms with E-state index in [9.17, 15) is 0 Å². The van der Waals surface area contributed by atoms with Crippen molar-refractivity contribution in [2.45, 2.75) is 44.9 Å². The molecule has 0 bridgehead atoms. The number of nitrogen functional groups attached to an aromatic ring is 1. The normalized spacial score (nSPS) is 16.3. The first-order valence-electron chi connectivity index (χ1n) is 7.95. The van der Waals surface area contributed by atoms with Gasteiger partial charge < -0.3 is 10.6 Å². The highest BCUT2D eigenvalue weighted by Gasteiger charge is 2.21. The number of nitrogens with zero attached hydrogens (tertiary/aromatic N) is 2. The molecule has 0 amide bonds. The third-order valence-electron chi connectivity index (χ3n) is 4.78. The number of hydrogen-bond donors (Lipinski definition) is 1. The van der Waals surface area contributed by atoms with Gasteiger partial charge >= 0.3 is 0 Å². The summed E-state index contributed by atoms with van der Waals surface area (Å²) < 4.78 is 0. The number of aromatic nitrogens is 1. The van der Waals surface area contributed by atoms with Crippen LogP contribution >= 0.6 is 0 Å². The summed E-state index contributed by atoms with van der Waals surface area (Å²) in [5.41, 5.74) is 10.9. The first-order chi connectivity index (χ1) is 10.1. The molecule has 1 aromatic carbocycles. The van der Waals surface area contributed by atoms with Crippen LogP contribution in [0.5, 0.6) is 0 Å². The van der Waals surface area contributed by atoms with Crippen LogP contribution < -0.4 is 10.6 Å². The maximum absolute atomic E-state index is 6.12. The average molecular weight is 283 g/mol. The van der Waals surface area contributed by atoms with Gasteiger partial charge in [0.15, 0.2) is 0 Å². The Kier molecular flexibility index (Phi) is 3.75. The van der Waals surface area contributed by atoms with Crippen LogP contribution in [0.25, 0.3) is 10.9 Å². The molecule has 2 N–H and O–H groups in total. The molecular weight excluding hydrogens is 258 g/mol. The van der Waals surface area contributed by atoms with Gasteiger partial charge in [0, 0.05) is 25.0 Å². The van der Waals surface area contributed by atoms with Crippen molar-refractivity contribution in [2.75, 3.05) is 24.7 Å². The zero-order chi connectivity index (χ0) is 15.0. The van der Waals surface area contributed by atoms with Crippen molar-refractivity contribution in [3.63, 3.8) is 0 Å². The van der Waals surface area contributed by atoms with Gasteiger partial charge in [-0.2, -0.15) is 0 Å². The quantitative estimate of drug-likeness (QED) is 0.896. The molecule has 0 atom stereocenters. The van der Waals surface area contributed by atoms with Crippen LogP contribution in [0.15, 0.2) is 18.2 Å². The monoisotopic (exact) mass is 283 g/mol. The molecule has 2 aromatic rings. The Bertz CT molecular complexity index is 655. The summed E-state index contributed by atoms with van der Waals surface area (Å²) in [6.45, 7) is 2.08. The first-order valence-corrected chi connectivity index (χ1v) is 7.95. The molecule has 1 aliphatic carbocycles. The third kappa shape index (κ3) is 2.45. The second kappa shape index (κ2) is 5.55. The molecule has 0 unspecified atom stereocenters. The van der Waals surface area contributed by atoms with E-state index < -0.39 is 0 Å². The Hall–Kier alpha value is -1.77. The minimum Gasteiger partial charge on any atom is -0.383 e. The summed E-state index contributed by atoms with van der Waals surface area (Å²) in [6, 6.07) is 6.51. The highest BCUT2D eigenvalue weighted by atomic mass is 15.1. The molecule has 112 valence electrons. The van der Waals surface area contributed by atoms with E-state index in [0.717, 1.165) is 11.1 Å².